The maximum atomic E-state index is 13.1. The number of aliphatic hydroxyl groups is 1. The summed E-state index contributed by atoms with van der Waals surface area (Å²) in [6.45, 7) is 5.75. The van der Waals surface area contributed by atoms with E-state index < -0.39 is 15.6 Å². The van der Waals surface area contributed by atoms with Crippen LogP contribution in [0.1, 0.15) is 30.0 Å². The van der Waals surface area contributed by atoms with Crippen molar-refractivity contribution in [2.45, 2.75) is 37.7 Å². The van der Waals surface area contributed by atoms with Gasteiger partial charge in [-0.1, -0.05) is 35.9 Å². The van der Waals surface area contributed by atoms with Crippen LogP contribution in [0.4, 0.5) is 5.69 Å². The molecular formula is C18H21NO3S. The lowest BCUT2D eigenvalue weighted by atomic mass is 9.88. The van der Waals surface area contributed by atoms with Crippen LogP contribution in [0.2, 0.25) is 0 Å². The number of nitrogens with zero attached hydrogens (tertiary/aromatic N) is 1. The maximum absolute atomic E-state index is 13.1. The predicted molar refractivity (Wildman–Crippen MR) is 91.1 cm³/mol. The minimum absolute atomic E-state index is 0.264. The molecule has 1 heterocycles. The van der Waals surface area contributed by atoms with Gasteiger partial charge in [-0.15, -0.1) is 0 Å². The van der Waals surface area contributed by atoms with E-state index >= 15 is 0 Å². The topological polar surface area (TPSA) is 57.6 Å². The van der Waals surface area contributed by atoms with Crippen molar-refractivity contribution in [1.29, 1.82) is 0 Å². The summed E-state index contributed by atoms with van der Waals surface area (Å²) in [6, 6.07) is 12.5. The summed E-state index contributed by atoms with van der Waals surface area (Å²) in [4.78, 5) is 0.319. The van der Waals surface area contributed by atoms with Crippen LogP contribution in [0.25, 0.3) is 0 Å². The lowest BCUT2D eigenvalue weighted by Gasteiger charge is -2.38. The highest BCUT2D eigenvalue weighted by atomic mass is 32.2. The molecule has 1 aliphatic heterocycles. The molecule has 0 aromatic heterocycles. The van der Waals surface area contributed by atoms with Crippen LogP contribution in [0.3, 0.4) is 0 Å². The number of benzene rings is 2. The SMILES string of the molecule is Cc1ccc(S(=O)(=O)N2CCC(C)(O)c3ccccc32)c(C)c1. The molecule has 0 bridgehead atoms. The van der Waals surface area contributed by atoms with Crippen molar-refractivity contribution in [3.05, 3.63) is 59.2 Å². The number of para-hydroxylation sites is 1. The zero-order valence-electron chi connectivity index (χ0n) is 13.6. The second-order valence-corrected chi connectivity index (χ2v) is 8.22. The van der Waals surface area contributed by atoms with Gasteiger partial charge in [0, 0.05) is 12.1 Å². The summed E-state index contributed by atoms with van der Waals surface area (Å²) in [5.41, 5.74) is 1.97. The molecule has 0 amide bonds. The van der Waals surface area contributed by atoms with Crippen molar-refractivity contribution < 1.29 is 13.5 Å². The lowest BCUT2D eigenvalue weighted by molar-refractivity contribution is 0.0472. The summed E-state index contributed by atoms with van der Waals surface area (Å²) in [5.74, 6) is 0. The fourth-order valence-corrected chi connectivity index (χ4v) is 4.87. The lowest BCUT2D eigenvalue weighted by Crippen LogP contribution is -2.42. The van der Waals surface area contributed by atoms with Gasteiger partial charge in [0.1, 0.15) is 0 Å². The number of hydrogen-bond acceptors (Lipinski definition) is 3. The third-order valence-corrected chi connectivity index (χ3v) is 6.43. The molecule has 0 radical (unpaired) electrons. The molecule has 1 N–H and O–H groups in total. The molecule has 5 heteroatoms. The Morgan fingerprint density at radius 2 is 1.83 bits per heavy atom. The van der Waals surface area contributed by atoms with E-state index in [2.05, 4.69) is 0 Å². The van der Waals surface area contributed by atoms with E-state index in [1.54, 1.807) is 31.2 Å². The molecule has 2 aromatic rings. The average molecular weight is 331 g/mol. The molecule has 0 spiro atoms. The Kier molecular flexibility index (Phi) is 3.73. The smallest absolute Gasteiger partial charge is 0.264 e. The second-order valence-electron chi connectivity index (χ2n) is 6.39. The van der Waals surface area contributed by atoms with Crippen LogP contribution in [0.15, 0.2) is 47.4 Å². The molecule has 0 saturated carbocycles. The first-order chi connectivity index (χ1) is 10.7. The number of rotatable bonds is 2. The zero-order valence-corrected chi connectivity index (χ0v) is 14.4. The highest BCUT2D eigenvalue weighted by molar-refractivity contribution is 7.92. The van der Waals surface area contributed by atoms with Gasteiger partial charge < -0.3 is 5.11 Å². The molecule has 1 aliphatic rings. The quantitative estimate of drug-likeness (QED) is 0.920. The van der Waals surface area contributed by atoms with Crippen molar-refractivity contribution in [3.63, 3.8) is 0 Å². The molecule has 0 fully saturated rings. The normalized spacial score (nSPS) is 21.1. The maximum Gasteiger partial charge on any atom is 0.264 e. The van der Waals surface area contributed by atoms with E-state index in [-0.39, 0.29) is 6.54 Å². The largest absolute Gasteiger partial charge is 0.385 e. The third kappa shape index (κ3) is 2.64. The van der Waals surface area contributed by atoms with Gasteiger partial charge >= 0.3 is 0 Å². The number of anilines is 1. The fraction of sp³-hybridized carbons (Fsp3) is 0.333. The van der Waals surface area contributed by atoms with Gasteiger partial charge in [0.2, 0.25) is 0 Å². The van der Waals surface area contributed by atoms with Gasteiger partial charge in [0.25, 0.3) is 10.0 Å². The minimum atomic E-state index is -3.65. The Bertz CT molecular complexity index is 856. The van der Waals surface area contributed by atoms with Crippen molar-refractivity contribution in [2.24, 2.45) is 0 Å². The van der Waals surface area contributed by atoms with E-state index in [0.29, 0.717) is 22.6 Å². The molecule has 0 saturated heterocycles. The molecule has 23 heavy (non-hydrogen) atoms. The molecule has 122 valence electrons. The van der Waals surface area contributed by atoms with E-state index in [4.69, 9.17) is 0 Å². The van der Waals surface area contributed by atoms with Crippen molar-refractivity contribution in [1.82, 2.24) is 0 Å². The fourth-order valence-electron chi connectivity index (χ4n) is 3.18. The van der Waals surface area contributed by atoms with Gasteiger partial charge in [0.05, 0.1) is 16.2 Å². The standard InChI is InChI=1S/C18H21NO3S/c1-13-8-9-17(14(2)12-13)23(21,22)19-11-10-18(3,20)15-6-4-5-7-16(15)19/h4-9,12,20H,10-11H2,1-3H3. The summed E-state index contributed by atoms with van der Waals surface area (Å²) in [6.07, 6.45) is 0.369. The monoisotopic (exact) mass is 331 g/mol. The minimum Gasteiger partial charge on any atom is -0.385 e. The van der Waals surface area contributed by atoms with E-state index in [1.165, 1.54) is 4.31 Å². The molecule has 1 unspecified atom stereocenters. The van der Waals surface area contributed by atoms with Gasteiger partial charge in [0.15, 0.2) is 0 Å². The zero-order chi connectivity index (χ0) is 16.8. The van der Waals surface area contributed by atoms with Gasteiger partial charge in [-0.25, -0.2) is 8.42 Å². The van der Waals surface area contributed by atoms with Crippen molar-refractivity contribution in [3.8, 4) is 0 Å². The number of aryl methyl sites for hydroxylation is 2. The van der Waals surface area contributed by atoms with Gasteiger partial charge in [-0.3, -0.25) is 4.31 Å². The van der Waals surface area contributed by atoms with Crippen LogP contribution in [-0.4, -0.2) is 20.1 Å². The van der Waals surface area contributed by atoms with Gasteiger partial charge in [-0.2, -0.15) is 0 Å². The predicted octanol–water partition coefficient (Wildman–Crippen LogP) is 3.11. The first-order valence-corrected chi connectivity index (χ1v) is 9.09. The molecule has 4 nitrogen and oxygen atoms in total. The van der Waals surface area contributed by atoms with Crippen LogP contribution in [0.5, 0.6) is 0 Å². The van der Waals surface area contributed by atoms with Crippen LogP contribution in [0, 0.1) is 13.8 Å². The second kappa shape index (κ2) is 5.35. The highest BCUT2D eigenvalue weighted by Crippen LogP contribution is 2.40. The number of hydrogen-bond donors (Lipinski definition) is 1. The molecule has 3 rings (SSSR count). The summed E-state index contributed by atoms with van der Waals surface area (Å²) in [5, 5.41) is 10.6. The van der Waals surface area contributed by atoms with Gasteiger partial charge in [-0.05, 0) is 44.9 Å². The Morgan fingerprint density at radius 1 is 1.13 bits per heavy atom. The Labute approximate surface area is 137 Å². The Hall–Kier alpha value is -1.85. The summed E-state index contributed by atoms with van der Waals surface area (Å²) < 4.78 is 27.7. The van der Waals surface area contributed by atoms with Crippen LogP contribution >= 0.6 is 0 Å². The third-order valence-electron chi connectivity index (χ3n) is 4.45. The van der Waals surface area contributed by atoms with Crippen LogP contribution in [-0.2, 0) is 15.6 Å². The number of fused-ring (bicyclic) bond motifs is 1. The molecular weight excluding hydrogens is 310 g/mol. The molecule has 0 aliphatic carbocycles. The Balaban J connectivity index is 2.15. The average Bonchev–Trinajstić information content (AvgIpc) is 2.46. The van der Waals surface area contributed by atoms with Crippen LogP contribution < -0.4 is 4.31 Å². The van der Waals surface area contributed by atoms with Crippen molar-refractivity contribution in [2.75, 3.05) is 10.8 Å². The highest BCUT2D eigenvalue weighted by Gasteiger charge is 2.38. The first kappa shape index (κ1) is 16.0. The van der Waals surface area contributed by atoms with E-state index in [0.717, 1.165) is 11.1 Å². The summed E-state index contributed by atoms with van der Waals surface area (Å²) >= 11 is 0. The summed E-state index contributed by atoms with van der Waals surface area (Å²) in [7, 11) is -3.65. The molecule has 2 aromatic carbocycles. The van der Waals surface area contributed by atoms with Crippen molar-refractivity contribution >= 4 is 15.7 Å². The van der Waals surface area contributed by atoms with E-state index in [1.807, 2.05) is 32.0 Å². The Morgan fingerprint density at radius 3 is 2.52 bits per heavy atom. The van der Waals surface area contributed by atoms with E-state index in [9.17, 15) is 13.5 Å². The number of sulfonamides is 1. The first-order valence-electron chi connectivity index (χ1n) is 7.65. The molecule has 1 atom stereocenters.